The summed E-state index contributed by atoms with van der Waals surface area (Å²) in [5.41, 5.74) is 2.43. The lowest BCUT2D eigenvalue weighted by Crippen LogP contribution is -2.06. The molecule has 0 saturated heterocycles. The molecule has 0 aromatic heterocycles. The average Bonchev–Trinajstić information content (AvgIpc) is 2.76. The van der Waals surface area contributed by atoms with Crippen LogP contribution in [-0.4, -0.2) is 30.3 Å². The Morgan fingerprint density at radius 1 is 0.968 bits per heavy atom. The second kappa shape index (κ2) is 13.3. The topological polar surface area (TPSA) is 72.8 Å². The van der Waals surface area contributed by atoms with Crippen molar-refractivity contribution in [3.63, 3.8) is 0 Å². The molecule has 0 aliphatic carbocycles. The van der Waals surface area contributed by atoms with Crippen LogP contribution in [0.5, 0.6) is 5.75 Å². The molecule has 5 heteroatoms. The summed E-state index contributed by atoms with van der Waals surface area (Å²) in [6.07, 6.45) is 7.86. The average molecular weight is 425 g/mol. The van der Waals surface area contributed by atoms with Crippen LogP contribution >= 0.6 is 0 Å². The quantitative estimate of drug-likeness (QED) is 0.356. The Labute approximate surface area is 184 Å². The second-order valence-electron chi connectivity index (χ2n) is 7.35. The molecule has 0 fully saturated rings. The van der Waals surface area contributed by atoms with Crippen molar-refractivity contribution in [3.05, 3.63) is 71.3 Å². The summed E-state index contributed by atoms with van der Waals surface area (Å²) in [5, 5.41) is 10.0. The number of hydrogen-bond acceptors (Lipinski definition) is 5. The number of esters is 2. The van der Waals surface area contributed by atoms with Gasteiger partial charge in [-0.2, -0.15) is 0 Å². The normalized spacial score (nSPS) is 11.9. The molecule has 0 heterocycles. The molecule has 2 rings (SSSR count). The van der Waals surface area contributed by atoms with E-state index >= 15 is 0 Å². The van der Waals surface area contributed by atoms with Crippen molar-refractivity contribution in [2.24, 2.45) is 5.92 Å². The smallest absolute Gasteiger partial charge is 0.338 e. The number of phenolic OH excluding ortho intramolecular Hbond substituents is 1. The van der Waals surface area contributed by atoms with Crippen molar-refractivity contribution >= 4 is 18.0 Å². The molecule has 1 atom stereocenters. The van der Waals surface area contributed by atoms with Crippen molar-refractivity contribution < 1.29 is 24.2 Å². The maximum atomic E-state index is 11.9. The molecular weight excluding hydrogens is 392 g/mol. The fourth-order valence-corrected chi connectivity index (χ4v) is 3.34. The number of para-hydroxylation sites is 1. The summed E-state index contributed by atoms with van der Waals surface area (Å²) < 4.78 is 10.0. The zero-order valence-corrected chi connectivity index (χ0v) is 18.4. The molecule has 2 aromatic rings. The molecule has 5 nitrogen and oxygen atoms in total. The Kier molecular flexibility index (Phi) is 10.4. The van der Waals surface area contributed by atoms with Gasteiger partial charge < -0.3 is 14.6 Å². The van der Waals surface area contributed by atoms with E-state index in [0.717, 1.165) is 36.8 Å². The zero-order chi connectivity index (χ0) is 22.5. The van der Waals surface area contributed by atoms with Crippen LogP contribution in [0.4, 0.5) is 0 Å². The summed E-state index contributed by atoms with van der Waals surface area (Å²) in [6.45, 7) is 4.36. The highest BCUT2D eigenvalue weighted by atomic mass is 16.5. The number of benzene rings is 2. The minimum absolute atomic E-state index is 0.154. The van der Waals surface area contributed by atoms with Gasteiger partial charge in [-0.05, 0) is 62.8 Å². The van der Waals surface area contributed by atoms with Gasteiger partial charge >= 0.3 is 11.9 Å². The third-order valence-electron chi connectivity index (χ3n) is 4.96. The maximum absolute atomic E-state index is 11.9. The number of allylic oxidation sites excluding steroid dienone is 1. The number of carbonyl (C=O) groups is 2. The van der Waals surface area contributed by atoms with Crippen molar-refractivity contribution in [1.29, 1.82) is 0 Å². The van der Waals surface area contributed by atoms with E-state index in [-0.39, 0.29) is 23.6 Å². The van der Waals surface area contributed by atoms with Crippen LogP contribution in [0.3, 0.4) is 0 Å². The van der Waals surface area contributed by atoms with Gasteiger partial charge in [-0.15, -0.1) is 0 Å². The van der Waals surface area contributed by atoms with Crippen molar-refractivity contribution in [2.45, 2.75) is 46.0 Å². The molecule has 0 spiro atoms. The zero-order valence-electron chi connectivity index (χ0n) is 18.4. The van der Waals surface area contributed by atoms with Gasteiger partial charge in [0.1, 0.15) is 5.75 Å². The molecular formula is C26H32O5. The van der Waals surface area contributed by atoms with E-state index in [0.29, 0.717) is 25.2 Å². The minimum Gasteiger partial charge on any atom is -0.507 e. The van der Waals surface area contributed by atoms with Crippen molar-refractivity contribution in [1.82, 2.24) is 0 Å². The van der Waals surface area contributed by atoms with Crippen LogP contribution in [0.2, 0.25) is 0 Å². The van der Waals surface area contributed by atoms with Gasteiger partial charge in [-0.3, -0.25) is 4.79 Å². The number of hydrogen-bond donors (Lipinski definition) is 1. The van der Waals surface area contributed by atoms with E-state index in [1.807, 2.05) is 37.3 Å². The number of ether oxygens (including phenoxy) is 2. The van der Waals surface area contributed by atoms with Crippen molar-refractivity contribution in [3.8, 4) is 5.75 Å². The molecule has 1 unspecified atom stereocenters. The van der Waals surface area contributed by atoms with Gasteiger partial charge in [-0.1, -0.05) is 48.9 Å². The van der Waals surface area contributed by atoms with E-state index in [9.17, 15) is 14.7 Å². The Bertz CT molecular complexity index is 854. The van der Waals surface area contributed by atoms with Gasteiger partial charge in [-0.25, -0.2) is 4.79 Å². The molecule has 0 bridgehead atoms. The number of aromatic hydroxyl groups is 1. The lowest BCUT2D eigenvalue weighted by molar-refractivity contribution is -0.143. The molecule has 0 amide bonds. The monoisotopic (exact) mass is 424 g/mol. The van der Waals surface area contributed by atoms with Crippen LogP contribution in [-0.2, 0) is 20.7 Å². The van der Waals surface area contributed by atoms with Gasteiger partial charge in [0.05, 0.1) is 18.8 Å². The summed E-state index contributed by atoms with van der Waals surface area (Å²) in [7, 11) is 0. The Morgan fingerprint density at radius 2 is 1.68 bits per heavy atom. The van der Waals surface area contributed by atoms with E-state index in [1.54, 1.807) is 31.2 Å². The molecule has 0 saturated carbocycles. The number of carbonyl (C=O) groups excluding carboxylic acids is 2. The van der Waals surface area contributed by atoms with Gasteiger partial charge in [0.25, 0.3) is 0 Å². The summed E-state index contributed by atoms with van der Waals surface area (Å²) in [4.78, 5) is 23.4. The predicted molar refractivity (Wildman–Crippen MR) is 122 cm³/mol. The second-order valence-corrected chi connectivity index (χ2v) is 7.35. The number of rotatable bonds is 12. The molecule has 1 N–H and O–H groups in total. The van der Waals surface area contributed by atoms with Crippen LogP contribution in [0.25, 0.3) is 6.08 Å². The Morgan fingerprint density at radius 3 is 2.35 bits per heavy atom. The summed E-state index contributed by atoms with van der Waals surface area (Å²) in [6, 6.07) is 14.7. The summed E-state index contributed by atoms with van der Waals surface area (Å²) >= 11 is 0. The third-order valence-corrected chi connectivity index (χ3v) is 4.96. The number of unbranched alkanes of at least 4 members (excludes halogenated alkanes) is 1. The lowest BCUT2D eigenvalue weighted by Gasteiger charge is -2.14. The molecule has 166 valence electrons. The minimum atomic E-state index is -0.316. The maximum Gasteiger partial charge on any atom is 0.338 e. The largest absolute Gasteiger partial charge is 0.507 e. The SMILES string of the molecule is CCOC(=O)CCCCC(C=Cc1ccccc1O)Cc1ccc(C(=O)OCC)cc1. The van der Waals surface area contributed by atoms with E-state index in [4.69, 9.17) is 9.47 Å². The molecule has 0 radical (unpaired) electrons. The van der Waals surface area contributed by atoms with Crippen molar-refractivity contribution in [2.75, 3.05) is 13.2 Å². The summed E-state index contributed by atoms with van der Waals surface area (Å²) in [5.74, 6) is 0.0104. The molecule has 31 heavy (non-hydrogen) atoms. The number of phenols is 1. The Hall–Kier alpha value is -3.08. The van der Waals surface area contributed by atoms with E-state index in [1.165, 1.54) is 0 Å². The first kappa shape index (κ1) is 24.2. The van der Waals surface area contributed by atoms with Gasteiger partial charge in [0.15, 0.2) is 0 Å². The molecule has 2 aromatic carbocycles. The highest BCUT2D eigenvalue weighted by Crippen LogP contribution is 2.22. The van der Waals surface area contributed by atoms with E-state index < -0.39 is 0 Å². The van der Waals surface area contributed by atoms with Crippen LogP contribution in [0, 0.1) is 5.92 Å². The highest BCUT2D eigenvalue weighted by molar-refractivity contribution is 5.89. The molecule has 0 aliphatic rings. The molecule has 0 aliphatic heterocycles. The highest BCUT2D eigenvalue weighted by Gasteiger charge is 2.11. The first-order chi connectivity index (χ1) is 15.0. The lowest BCUT2D eigenvalue weighted by atomic mass is 9.92. The predicted octanol–water partition coefficient (Wildman–Crippen LogP) is 5.56. The van der Waals surface area contributed by atoms with E-state index in [2.05, 4.69) is 6.08 Å². The van der Waals surface area contributed by atoms with Gasteiger partial charge in [0, 0.05) is 12.0 Å². The van der Waals surface area contributed by atoms with Crippen LogP contribution in [0.15, 0.2) is 54.6 Å². The van der Waals surface area contributed by atoms with Crippen LogP contribution < -0.4 is 0 Å². The van der Waals surface area contributed by atoms with Gasteiger partial charge in [0.2, 0.25) is 0 Å². The standard InChI is InChI=1S/C26H32O5/c1-3-30-25(28)12-8-5-9-20(13-16-22-10-6-7-11-24(22)27)19-21-14-17-23(18-15-21)26(29)31-4-2/h6-7,10-11,13-18,20,27H,3-5,8-9,12,19H2,1-2H3. The first-order valence-corrected chi connectivity index (χ1v) is 10.9. The Balaban J connectivity index is 2.03. The fourth-order valence-electron chi connectivity index (χ4n) is 3.34. The fraction of sp³-hybridized carbons (Fsp3) is 0.385. The first-order valence-electron chi connectivity index (χ1n) is 10.9. The van der Waals surface area contributed by atoms with Crippen LogP contribution in [0.1, 0.15) is 61.0 Å². The third kappa shape index (κ3) is 8.67.